The number of carbonyl (C=O) groups is 2. The lowest BCUT2D eigenvalue weighted by molar-refractivity contribution is -0.126. The van der Waals surface area contributed by atoms with E-state index < -0.39 is 12.1 Å². The molecule has 0 aliphatic carbocycles. The van der Waals surface area contributed by atoms with Crippen molar-refractivity contribution in [2.45, 2.75) is 26.4 Å². The van der Waals surface area contributed by atoms with Crippen LogP contribution in [0, 0.1) is 6.92 Å². The molecule has 0 radical (unpaired) electrons. The maximum Gasteiger partial charge on any atom is 0.359 e. The Morgan fingerprint density at radius 2 is 2.07 bits per heavy atom. The number of esters is 1. The van der Waals surface area contributed by atoms with Crippen molar-refractivity contribution in [3.8, 4) is 10.6 Å². The van der Waals surface area contributed by atoms with Crippen LogP contribution in [-0.4, -0.2) is 34.7 Å². The number of H-pyrrole nitrogens is 1. The van der Waals surface area contributed by atoms with Crippen molar-refractivity contribution in [3.05, 3.63) is 58.6 Å². The summed E-state index contributed by atoms with van der Waals surface area (Å²) in [5.74, 6) is -0.836. The van der Waals surface area contributed by atoms with Gasteiger partial charge in [-0.15, -0.1) is 11.3 Å². The summed E-state index contributed by atoms with van der Waals surface area (Å²) in [6.07, 6.45) is -0.0706. The van der Waals surface area contributed by atoms with E-state index in [-0.39, 0.29) is 11.6 Å². The van der Waals surface area contributed by atoms with E-state index in [4.69, 9.17) is 4.74 Å². The lowest BCUT2D eigenvalue weighted by Gasteiger charge is -2.21. The molecule has 2 aromatic heterocycles. The molecule has 0 bridgehead atoms. The molecule has 4 rings (SSSR count). The summed E-state index contributed by atoms with van der Waals surface area (Å²) in [6, 6.07) is 13.4. The average molecular weight is 381 g/mol. The molecule has 27 heavy (non-hydrogen) atoms. The minimum Gasteiger partial charge on any atom is -0.448 e. The van der Waals surface area contributed by atoms with E-state index in [1.807, 2.05) is 43.3 Å². The zero-order chi connectivity index (χ0) is 19.0. The number of aromatic nitrogens is 2. The molecule has 7 heteroatoms. The third kappa shape index (κ3) is 3.38. The Balaban J connectivity index is 1.44. The fourth-order valence-corrected chi connectivity index (χ4v) is 4.02. The van der Waals surface area contributed by atoms with Crippen LogP contribution in [0.2, 0.25) is 0 Å². The van der Waals surface area contributed by atoms with Gasteiger partial charge >= 0.3 is 5.97 Å². The van der Waals surface area contributed by atoms with Crippen LogP contribution < -0.4 is 4.90 Å². The van der Waals surface area contributed by atoms with Crippen LogP contribution in [0.25, 0.3) is 10.6 Å². The van der Waals surface area contributed by atoms with Gasteiger partial charge in [0.25, 0.3) is 5.91 Å². The van der Waals surface area contributed by atoms with Gasteiger partial charge in [-0.3, -0.25) is 9.89 Å². The molecule has 0 saturated heterocycles. The number of ether oxygens (including phenoxy) is 1. The van der Waals surface area contributed by atoms with Gasteiger partial charge in [-0.1, -0.05) is 18.2 Å². The van der Waals surface area contributed by atoms with Crippen LogP contribution in [0.1, 0.15) is 27.9 Å². The lowest BCUT2D eigenvalue weighted by Crippen LogP contribution is -2.39. The first-order chi connectivity index (χ1) is 13.0. The van der Waals surface area contributed by atoms with Gasteiger partial charge in [0.15, 0.2) is 11.8 Å². The van der Waals surface area contributed by atoms with E-state index in [1.54, 1.807) is 29.2 Å². The average Bonchev–Trinajstić information content (AvgIpc) is 3.39. The summed E-state index contributed by atoms with van der Waals surface area (Å²) in [5, 5.41) is 6.88. The molecule has 1 N–H and O–H groups in total. The maximum absolute atomic E-state index is 12.7. The van der Waals surface area contributed by atoms with Crippen LogP contribution in [0.15, 0.2) is 42.5 Å². The molecule has 1 aliphatic rings. The van der Waals surface area contributed by atoms with Crippen LogP contribution in [0.5, 0.6) is 0 Å². The van der Waals surface area contributed by atoms with E-state index >= 15 is 0 Å². The molecule has 1 unspecified atom stereocenters. The quantitative estimate of drug-likeness (QED) is 0.701. The molecule has 1 amide bonds. The zero-order valence-electron chi connectivity index (χ0n) is 15.1. The second-order valence-corrected chi connectivity index (χ2v) is 7.78. The van der Waals surface area contributed by atoms with Gasteiger partial charge in [-0.2, -0.15) is 5.10 Å². The highest BCUT2D eigenvalue weighted by Gasteiger charge is 2.30. The highest BCUT2D eigenvalue weighted by Crippen LogP contribution is 2.29. The Bertz CT molecular complexity index is 1010. The summed E-state index contributed by atoms with van der Waals surface area (Å²) in [6.45, 7) is 4.21. The molecular formula is C20H19N3O3S. The Kier molecular flexibility index (Phi) is 4.53. The lowest BCUT2D eigenvalue weighted by atomic mass is 10.2. The number of nitrogens with one attached hydrogen (secondary N) is 1. The van der Waals surface area contributed by atoms with Gasteiger partial charge in [-0.25, -0.2) is 4.79 Å². The van der Waals surface area contributed by atoms with Crippen LogP contribution in [0.4, 0.5) is 5.69 Å². The molecule has 0 saturated carbocycles. The second-order valence-electron chi connectivity index (χ2n) is 6.49. The molecular weight excluding hydrogens is 362 g/mol. The number of fused-ring (bicyclic) bond motifs is 1. The Labute approximate surface area is 160 Å². The SMILES string of the molecule is Cc1ccc(-c2cc(C(=O)OC(C)C(=O)N3CCc4ccccc43)n[nH]2)s1. The number of hydrogen-bond donors (Lipinski definition) is 1. The number of para-hydroxylation sites is 1. The standard InChI is InChI=1S/C20H19N3O3S/c1-12-7-8-18(27-12)15-11-16(22-21-15)20(25)26-13(2)19(24)23-10-9-14-5-3-4-6-17(14)23/h3-8,11,13H,9-10H2,1-2H3,(H,21,22). The van der Waals surface area contributed by atoms with Crippen molar-refractivity contribution in [2.24, 2.45) is 0 Å². The van der Waals surface area contributed by atoms with Crippen LogP contribution in [0.3, 0.4) is 0 Å². The van der Waals surface area contributed by atoms with Gasteiger partial charge in [0, 0.05) is 17.1 Å². The fourth-order valence-electron chi connectivity index (χ4n) is 3.19. The number of thiophene rings is 1. The van der Waals surface area contributed by atoms with E-state index in [9.17, 15) is 9.59 Å². The first kappa shape index (κ1) is 17.5. The van der Waals surface area contributed by atoms with Crippen LogP contribution >= 0.6 is 11.3 Å². The topological polar surface area (TPSA) is 75.3 Å². The number of aryl methyl sites for hydroxylation is 1. The van der Waals surface area contributed by atoms with Crippen molar-refractivity contribution in [1.29, 1.82) is 0 Å². The smallest absolute Gasteiger partial charge is 0.359 e. The fraction of sp³-hybridized carbons (Fsp3) is 0.250. The van der Waals surface area contributed by atoms with E-state index in [0.29, 0.717) is 6.54 Å². The number of amides is 1. The molecule has 1 atom stereocenters. The van der Waals surface area contributed by atoms with Gasteiger partial charge in [0.1, 0.15) is 0 Å². The number of benzene rings is 1. The third-order valence-corrected chi connectivity index (χ3v) is 5.61. The number of hydrogen-bond acceptors (Lipinski definition) is 5. The van der Waals surface area contributed by atoms with Gasteiger partial charge in [0.2, 0.25) is 0 Å². The molecule has 3 aromatic rings. The summed E-state index contributed by atoms with van der Waals surface area (Å²) in [7, 11) is 0. The number of anilines is 1. The second kappa shape index (κ2) is 7.00. The van der Waals surface area contributed by atoms with Gasteiger partial charge < -0.3 is 9.64 Å². The van der Waals surface area contributed by atoms with Crippen molar-refractivity contribution in [3.63, 3.8) is 0 Å². The summed E-state index contributed by atoms with van der Waals surface area (Å²) in [4.78, 5) is 29.0. The highest BCUT2D eigenvalue weighted by molar-refractivity contribution is 7.15. The highest BCUT2D eigenvalue weighted by atomic mass is 32.1. The van der Waals surface area contributed by atoms with Crippen molar-refractivity contribution in [1.82, 2.24) is 10.2 Å². The Hall–Kier alpha value is -2.93. The first-order valence-electron chi connectivity index (χ1n) is 8.75. The van der Waals surface area contributed by atoms with E-state index in [0.717, 1.165) is 28.2 Å². The number of rotatable bonds is 4. The normalized spacial score (nSPS) is 14.1. The third-order valence-electron chi connectivity index (χ3n) is 4.58. The molecule has 0 spiro atoms. The molecule has 3 heterocycles. The van der Waals surface area contributed by atoms with E-state index in [1.165, 1.54) is 4.88 Å². The predicted octanol–water partition coefficient (Wildman–Crippen LogP) is 3.58. The maximum atomic E-state index is 12.7. The number of nitrogens with zero attached hydrogens (tertiary/aromatic N) is 2. The zero-order valence-corrected chi connectivity index (χ0v) is 15.9. The summed E-state index contributed by atoms with van der Waals surface area (Å²) >= 11 is 1.61. The summed E-state index contributed by atoms with van der Waals surface area (Å²) < 4.78 is 5.37. The van der Waals surface area contributed by atoms with Crippen molar-refractivity contribution in [2.75, 3.05) is 11.4 Å². The predicted molar refractivity (Wildman–Crippen MR) is 104 cm³/mol. The molecule has 0 fully saturated rings. The summed E-state index contributed by atoms with van der Waals surface area (Å²) in [5.41, 5.74) is 2.94. The number of carbonyl (C=O) groups excluding carboxylic acids is 2. The Morgan fingerprint density at radius 3 is 2.85 bits per heavy atom. The molecule has 1 aromatic carbocycles. The molecule has 6 nitrogen and oxygen atoms in total. The van der Waals surface area contributed by atoms with Crippen LogP contribution in [-0.2, 0) is 16.0 Å². The van der Waals surface area contributed by atoms with E-state index in [2.05, 4.69) is 10.2 Å². The van der Waals surface area contributed by atoms with Gasteiger partial charge in [0.05, 0.1) is 10.6 Å². The Morgan fingerprint density at radius 1 is 1.26 bits per heavy atom. The van der Waals surface area contributed by atoms with Gasteiger partial charge in [-0.05, 0) is 50.1 Å². The minimum absolute atomic E-state index is 0.164. The molecule has 1 aliphatic heterocycles. The molecule has 138 valence electrons. The first-order valence-corrected chi connectivity index (χ1v) is 9.57. The monoisotopic (exact) mass is 381 g/mol. The number of aromatic amines is 1. The van der Waals surface area contributed by atoms with Crippen molar-refractivity contribution >= 4 is 28.9 Å². The largest absolute Gasteiger partial charge is 0.448 e. The minimum atomic E-state index is -0.882. The van der Waals surface area contributed by atoms with Crippen molar-refractivity contribution < 1.29 is 14.3 Å².